The predicted molar refractivity (Wildman–Crippen MR) is 216 cm³/mol. The van der Waals surface area contributed by atoms with E-state index in [4.69, 9.17) is 23.9 Å². The predicted octanol–water partition coefficient (Wildman–Crippen LogP) is 4.78. The van der Waals surface area contributed by atoms with Gasteiger partial charge in [0, 0.05) is 35.4 Å². The van der Waals surface area contributed by atoms with Crippen LogP contribution in [0.3, 0.4) is 0 Å². The third-order valence-corrected chi connectivity index (χ3v) is 13.8. The third-order valence-electron chi connectivity index (χ3n) is 12.0. The van der Waals surface area contributed by atoms with E-state index in [1.54, 1.807) is 13.2 Å². The molecule has 5 aliphatic rings. The fourth-order valence-corrected chi connectivity index (χ4v) is 9.85. The van der Waals surface area contributed by atoms with Gasteiger partial charge in [-0.25, -0.2) is 18.2 Å². The fraction of sp³-hybridized carbons (Fsp3) is 0.595. The molecule has 4 fully saturated rings. The standard InChI is InChI=1S/C42H55N5O10S/c1-7-26-22-42(26,39(50)46-58(52,53)28-16-17-28)45-37(48)31-19-27-23-47(31)38(49)36(41(3,4)5)44-40(51)57-32-15-10-9-12-24(32)13-11-14-25-18-29-30(20-33(25)54-6)43-35(55-8-2)21-34(29)56-27/h7,11,14,18,20-21,24,26-28,31-32,36H,1,8-10,12-13,15-17,19,22-23H2,2-6H3,(H,44,51)(H,45,48)(H,46,50)/t24-,26+,27+,31-,32+,36+,42+/m0/s1. The van der Waals surface area contributed by atoms with Gasteiger partial charge in [0.2, 0.25) is 27.7 Å². The number of pyridine rings is 1. The first kappa shape index (κ1) is 41.3. The highest BCUT2D eigenvalue weighted by Crippen LogP contribution is 2.46. The Balaban J connectivity index is 1.28. The van der Waals surface area contributed by atoms with E-state index in [1.807, 2.05) is 45.9 Å². The molecule has 7 atom stereocenters. The molecule has 314 valence electrons. The van der Waals surface area contributed by atoms with Gasteiger partial charge in [-0.3, -0.25) is 19.1 Å². The van der Waals surface area contributed by atoms with Gasteiger partial charge in [-0.1, -0.05) is 45.4 Å². The molecule has 2 aromatic rings. The highest BCUT2D eigenvalue weighted by Gasteiger charge is 2.62. The number of carbonyl (C=O) groups is 4. The minimum atomic E-state index is -3.92. The molecule has 58 heavy (non-hydrogen) atoms. The molecule has 2 aliphatic heterocycles. The number of nitrogens with one attached hydrogen (secondary N) is 3. The molecule has 16 heteroatoms. The molecule has 0 radical (unpaired) electrons. The molecule has 1 aromatic carbocycles. The molecule has 3 saturated carbocycles. The number of ether oxygens (including phenoxy) is 4. The van der Waals surface area contributed by atoms with E-state index in [-0.39, 0.29) is 31.4 Å². The van der Waals surface area contributed by atoms with Crippen LogP contribution in [0.1, 0.15) is 91.0 Å². The number of hydrogen-bond donors (Lipinski definition) is 3. The Morgan fingerprint density at radius 2 is 1.88 bits per heavy atom. The summed E-state index contributed by atoms with van der Waals surface area (Å²) in [6.45, 7) is 11.4. The minimum absolute atomic E-state index is 0.0101. The van der Waals surface area contributed by atoms with Crippen LogP contribution in [-0.4, -0.2) is 97.5 Å². The molecular formula is C42H55N5O10S. The van der Waals surface area contributed by atoms with Crippen molar-refractivity contribution < 1.29 is 46.5 Å². The lowest BCUT2D eigenvalue weighted by molar-refractivity contribution is -0.143. The van der Waals surface area contributed by atoms with E-state index >= 15 is 0 Å². The van der Waals surface area contributed by atoms with Gasteiger partial charge in [0.15, 0.2) is 0 Å². The number of sulfonamides is 1. The topological polar surface area (TPSA) is 192 Å². The summed E-state index contributed by atoms with van der Waals surface area (Å²) in [5, 5.41) is 5.69. The number of fused-ring (bicyclic) bond motifs is 4. The zero-order chi connectivity index (χ0) is 41.6. The summed E-state index contributed by atoms with van der Waals surface area (Å²) in [6, 6.07) is 3.14. The van der Waals surface area contributed by atoms with Gasteiger partial charge in [-0.05, 0) is 69.3 Å². The number of allylic oxidation sites excluding steroid dienone is 1. The highest BCUT2D eigenvalue weighted by atomic mass is 32.2. The third kappa shape index (κ3) is 8.48. The monoisotopic (exact) mass is 821 g/mol. The van der Waals surface area contributed by atoms with E-state index < -0.39 is 74.1 Å². The molecule has 7 rings (SSSR count). The largest absolute Gasteiger partial charge is 0.496 e. The van der Waals surface area contributed by atoms with Gasteiger partial charge >= 0.3 is 6.09 Å². The quantitative estimate of drug-likeness (QED) is 0.295. The van der Waals surface area contributed by atoms with Crippen LogP contribution in [0.5, 0.6) is 17.4 Å². The Morgan fingerprint density at radius 3 is 2.55 bits per heavy atom. The van der Waals surface area contributed by atoms with Crippen LogP contribution in [0.2, 0.25) is 0 Å². The summed E-state index contributed by atoms with van der Waals surface area (Å²) in [6.07, 6.45) is 8.88. The highest BCUT2D eigenvalue weighted by molar-refractivity contribution is 7.91. The van der Waals surface area contributed by atoms with Gasteiger partial charge in [0.05, 0.1) is 31.0 Å². The first-order valence-electron chi connectivity index (χ1n) is 20.3. The molecule has 0 spiro atoms. The van der Waals surface area contributed by atoms with Crippen LogP contribution in [0, 0.1) is 17.3 Å². The molecule has 4 bridgehead atoms. The van der Waals surface area contributed by atoms with E-state index in [1.165, 1.54) is 11.0 Å². The second-order valence-electron chi connectivity index (χ2n) is 17.2. The lowest BCUT2D eigenvalue weighted by atomic mass is 9.84. The second kappa shape index (κ2) is 16.1. The molecule has 0 unspecified atom stereocenters. The normalized spacial score (nSPS) is 28.9. The molecule has 15 nitrogen and oxygen atoms in total. The SMILES string of the molecule is C=C[C@@H]1C[C@]1(NC(=O)[C@@H]1C[C@@H]2CN1C(=O)[C@H](C(C)(C)C)NC(=O)O[C@@H]1CCCC[C@H]1CC=Cc1cc3c(cc(OCC)nc3cc1OC)O2)C(=O)NS(=O)(=O)C1CC1. The summed E-state index contributed by atoms with van der Waals surface area (Å²) in [4.78, 5) is 62.7. The maximum Gasteiger partial charge on any atom is 0.408 e. The van der Waals surface area contributed by atoms with Crippen LogP contribution < -0.4 is 29.6 Å². The summed E-state index contributed by atoms with van der Waals surface area (Å²) in [7, 11) is -2.33. The second-order valence-corrected chi connectivity index (χ2v) is 19.2. The van der Waals surface area contributed by atoms with Gasteiger partial charge in [0.25, 0.3) is 5.91 Å². The van der Waals surface area contributed by atoms with Gasteiger partial charge in [-0.2, -0.15) is 0 Å². The lowest BCUT2D eigenvalue weighted by Crippen LogP contribution is -2.60. The van der Waals surface area contributed by atoms with Crippen molar-refractivity contribution in [2.75, 3.05) is 20.3 Å². The molecule has 1 saturated heterocycles. The summed E-state index contributed by atoms with van der Waals surface area (Å²) >= 11 is 0. The number of amides is 4. The van der Waals surface area contributed by atoms with Crippen molar-refractivity contribution in [1.29, 1.82) is 0 Å². The minimum Gasteiger partial charge on any atom is -0.496 e. The van der Waals surface area contributed by atoms with E-state index in [0.717, 1.165) is 24.8 Å². The number of nitrogens with zero attached hydrogens (tertiary/aromatic N) is 2. The zero-order valence-corrected chi connectivity index (χ0v) is 34.7. The number of rotatable bonds is 9. The number of alkyl carbamates (subject to hydrolysis) is 1. The number of methoxy groups -OCH3 is 1. The van der Waals surface area contributed by atoms with Crippen LogP contribution in [-0.2, 0) is 29.1 Å². The Morgan fingerprint density at radius 1 is 1.12 bits per heavy atom. The number of aromatic nitrogens is 1. The molecule has 3 N–H and O–H groups in total. The van der Waals surface area contributed by atoms with Crippen LogP contribution >= 0.6 is 0 Å². The Labute approximate surface area is 339 Å². The maximum absolute atomic E-state index is 14.8. The van der Waals surface area contributed by atoms with E-state index in [9.17, 15) is 27.6 Å². The fourth-order valence-electron chi connectivity index (χ4n) is 8.49. The van der Waals surface area contributed by atoms with Gasteiger partial charge in [-0.15, -0.1) is 6.58 Å². The number of carbonyl (C=O) groups excluding carboxylic acids is 4. The average Bonchev–Trinajstić information content (AvgIpc) is 4.10. The molecule has 3 aliphatic carbocycles. The van der Waals surface area contributed by atoms with Gasteiger partial charge < -0.3 is 34.5 Å². The van der Waals surface area contributed by atoms with Crippen molar-refractivity contribution in [3.63, 3.8) is 0 Å². The lowest BCUT2D eigenvalue weighted by Gasteiger charge is -2.36. The van der Waals surface area contributed by atoms with Crippen molar-refractivity contribution in [1.82, 2.24) is 25.2 Å². The smallest absolute Gasteiger partial charge is 0.408 e. The molecule has 3 heterocycles. The summed E-state index contributed by atoms with van der Waals surface area (Å²) in [5.74, 6) is -1.20. The Bertz CT molecular complexity index is 2110. The number of benzene rings is 1. The zero-order valence-electron chi connectivity index (χ0n) is 33.9. The molecule has 4 amide bonds. The van der Waals surface area contributed by atoms with Crippen molar-refractivity contribution in [3.8, 4) is 17.4 Å². The van der Waals surface area contributed by atoms with Crippen molar-refractivity contribution in [2.24, 2.45) is 17.3 Å². The molecular weight excluding hydrogens is 767 g/mol. The maximum atomic E-state index is 14.8. The molecule has 1 aromatic heterocycles. The van der Waals surface area contributed by atoms with Crippen LogP contribution in [0.4, 0.5) is 4.79 Å². The van der Waals surface area contributed by atoms with Gasteiger partial charge in [0.1, 0.15) is 41.3 Å². The van der Waals surface area contributed by atoms with Crippen LogP contribution in [0.15, 0.2) is 36.9 Å². The average molecular weight is 822 g/mol. The van der Waals surface area contributed by atoms with Crippen LogP contribution in [0.25, 0.3) is 17.0 Å². The van der Waals surface area contributed by atoms with E-state index in [0.29, 0.717) is 60.6 Å². The van der Waals surface area contributed by atoms with Crippen molar-refractivity contribution in [2.45, 2.75) is 121 Å². The Kier molecular flexibility index (Phi) is 11.4. The van der Waals surface area contributed by atoms with Crippen molar-refractivity contribution >= 4 is 50.8 Å². The number of hydrogen-bond acceptors (Lipinski definition) is 11. The first-order chi connectivity index (χ1) is 27.6. The first-order valence-corrected chi connectivity index (χ1v) is 21.9. The van der Waals surface area contributed by atoms with E-state index in [2.05, 4.69) is 28.0 Å². The van der Waals surface area contributed by atoms with Crippen molar-refractivity contribution in [3.05, 3.63) is 42.5 Å². The Hall–Kier alpha value is -4.86. The summed E-state index contributed by atoms with van der Waals surface area (Å²) in [5.41, 5.74) is -1.06. The summed E-state index contributed by atoms with van der Waals surface area (Å²) < 4.78 is 52.2.